The number of aromatic carboxylic acids is 1. The molecule has 10 nitrogen and oxygen atoms in total. The maximum Gasteiger partial charge on any atom is 0.335 e. The normalized spacial score (nSPS) is 19.2. The molecule has 1 aromatic carbocycles. The van der Waals surface area contributed by atoms with Crippen LogP contribution < -0.4 is 0 Å². The second-order valence-corrected chi connectivity index (χ2v) is 8.28. The first-order valence-electron chi connectivity index (χ1n) is 10.7. The minimum Gasteiger partial charge on any atom is -0.480 e. The molecule has 2 aromatic rings. The van der Waals surface area contributed by atoms with Gasteiger partial charge in [-0.05, 0) is 18.2 Å². The van der Waals surface area contributed by atoms with Gasteiger partial charge in [-0.3, -0.25) is 19.4 Å². The van der Waals surface area contributed by atoms with E-state index in [1.165, 1.54) is 6.07 Å². The molecule has 1 amide bonds. The van der Waals surface area contributed by atoms with Crippen molar-refractivity contribution in [3.05, 3.63) is 35.5 Å². The van der Waals surface area contributed by atoms with Crippen LogP contribution in [0.3, 0.4) is 0 Å². The summed E-state index contributed by atoms with van der Waals surface area (Å²) in [6.07, 6.45) is 1.77. The lowest BCUT2D eigenvalue weighted by Gasteiger charge is -2.38. The summed E-state index contributed by atoms with van der Waals surface area (Å²) in [6, 6.07) is 3.88. The number of aryl methyl sites for hydroxylation is 1. The van der Waals surface area contributed by atoms with E-state index < -0.39 is 18.0 Å². The number of hydrogen-bond acceptors (Lipinski definition) is 6. The van der Waals surface area contributed by atoms with Crippen LogP contribution >= 0.6 is 0 Å². The fourth-order valence-electron chi connectivity index (χ4n) is 4.54. The van der Waals surface area contributed by atoms with Gasteiger partial charge in [0.2, 0.25) is 5.91 Å². The van der Waals surface area contributed by atoms with E-state index in [4.69, 9.17) is 4.74 Å². The highest BCUT2D eigenvalue weighted by molar-refractivity contribution is 5.96. The summed E-state index contributed by atoms with van der Waals surface area (Å²) in [6.45, 7) is 4.85. The predicted molar refractivity (Wildman–Crippen MR) is 116 cm³/mol. The van der Waals surface area contributed by atoms with Gasteiger partial charge in [0.1, 0.15) is 6.04 Å². The van der Waals surface area contributed by atoms with Gasteiger partial charge in [0.25, 0.3) is 0 Å². The fourth-order valence-corrected chi connectivity index (χ4v) is 4.54. The highest BCUT2D eigenvalue weighted by Gasteiger charge is 2.33. The van der Waals surface area contributed by atoms with Gasteiger partial charge in [0.15, 0.2) is 0 Å². The van der Waals surface area contributed by atoms with Crippen molar-refractivity contribution in [1.29, 1.82) is 0 Å². The standard InChI is InChI=1S/C22H28N4O6/c1-23-13-17(16-12-15(21(28)29)2-3-18(16)23)20(22(30)31)26-6-4-24(5-7-26)14-19(27)25-8-10-32-11-9-25/h2-3,12-13,20H,4-11,14H2,1H3,(H,28,29)(H,30,31). The molecule has 2 fully saturated rings. The van der Waals surface area contributed by atoms with Crippen molar-refractivity contribution >= 4 is 28.7 Å². The van der Waals surface area contributed by atoms with Crippen molar-refractivity contribution in [2.75, 3.05) is 59.0 Å². The number of carbonyl (C=O) groups is 3. The minimum atomic E-state index is -1.05. The van der Waals surface area contributed by atoms with Gasteiger partial charge in [0.05, 0.1) is 25.3 Å². The number of rotatable bonds is 6. The highest BCUT2D eigenvalue weighted by atomic mass is 16.5. The van der Waals surface area contributed by atoms with Crippen LogP contribution in [-0.4, -0.2) is 106 Å². The van der Waals surface area contributed by atoms with E-state index in [9.17, 15) is 24.6 Å². The molecule has 2 saturated heterocycles. The molecular formula is C22H28N4O6. The number of amides is 1. The average Bonchev–Trinajstić information content (AvgIpc) is 3.11. The van der Waals surface area contributed by atoms with Crippen molar-refractivity contribution in [2.24, 2.45) is 7.05 Å². The number of benzene rings is 1. The fraction of sp³-hybridized carbons (Fsp3) is 0.500. The molecule has 4 rings (SSSR count). The zero-order valence-corrected chi connectivity index (χ0v) is 18.1. The topological polar surface area (TPSA) is 116 Å². The van der Waals surface area contributed by atoms with Crippen LogP contribution in [0.25, 0.3) is 10.9 Å². The summed E-state index contributed by atoms with van der Waals surface area (Å²) < 4.78 is 7.12. The summed E-state index contributed by atoms with van der Waals surface area (Å²) in [5, 5.41) is 20.0. The summed E-state index contributed by atoms with van der Waals surface area (Å²) in [5.74, 6) is -1.95. The number of hydrogen-bond donors (Lipinski definition) is 2. The molecule has 10 heteroatoms. The van der Waals surface area contributed by atoms with Gasteiger partial charge >= 0.3 is 11.9 Å². The molecule has 2 N–H and O–H groups in total. The van der Waals surface area contributed by atoms with E-state index in [0.717, 1.165) is 5.52 Å². The monoisotopic (exact) mass is 444 g/mol. The van der Waals surface area contributed by atoms with Gasteiger partial charge in [-0.2, -0.15) is 0 Å². The molecule has 172 valence electrons. The number of carbonyl (C=O) groups excluding carboxylic acids is 1. The Labute approximate surface area is 185 Å². The first kappa shape index (κ1) is 22.3. The number of carboxylic acid groups (broad SMARTS) is 2. The first-order valence-corrected chi connectivity index (χ1v) is 10.7. The Balaban J connectivity index is 1.49. The van der Waals surface area contributed by atoms with E-state index in [2.05, 4.69) is 4.90 Å². The lowest BCUT2D eigenvalue weighted by molar-refractivity contribution is -0.145. The van der Waals surface area contributed by atoms with Crippen LogP contribution in [-0.2, 0) is 21.4 Å². The van der Waals surface area contributed by atoms with Crippen LogP contribution in [0.5, 0.6) is 0 Å². The first-order chi connectivity index (χ1) is 15.3. The van der Waals surface area contributed by atoms with Crippen LogP contribution in [0.15, 0.2) is 24.4 Å². The number of ether oxygens (including phenoxy) is 1. The smallest absolute Gasteiger partial charge is 0.335 e. The molecule has 0 aliphatic carbocycles. The minimum absolute atomic E-state index is 0.0757. The average molecular weight is 444 g/mol. The maximum atomic E-state index is 12.5. The summed E-state index contributed by atoms with van der Waals surface area (Å²) >= 11 is 0. The number of aromatic nitrogens is 1. The zero-order chi connectivity index (χ0) is 22.8. The number of morpholine rings is 1. The van der Waals surface area contributed by atoms with Crippen molar-refractivity contribution < 1.29 is 29.3 Å². The largest absolute Gasteiger partial charge is 0.480 e. The van der Waals surface area contributed by atoms with E-state index in [-0.39, 0.29) is 11.5 Å². The van der Waals surface area contributed by atoms with E-state index in [0.29, 0.717) is 70.0 Å². The molecule has 1 atom stereocenters. The summed E-state index contributed by atoms with van der Waals surface area (Å²) in [4.78, 5) is 42.0. The molecule has 3 heterocycles. The number of aliphatic carboxylic acids is 1. The molecule has 0 radical (unpaired) electrons. The van der Waals surface area contributed by atoms with Crippen molar-refractivity contribution in [1.82, 2.24) is 19.3 Å². The molecule has 0 spiro atoms. The van der Waals surface area contributed by atoms with Gasteiger partial charge in [-0.1, -0.05) is 0 Å². The molecule has 1 aromatic heterocycles. The van der Waals surface area contributed by atoms with Crippen LogP contribution in [0, 0.1) is 0 Å². The lowest BCUT2D eigenvalue weighted by atomic mass is 10.0. The Morgan fingerprint density at radius 2 is 1.72 bits per heavy atom. The van der Waals surface area contributed by atoms with Crippen LogP contribution in [0.2, 0.25) is 0 Å². The zero-order valence-electron chi connectivity index (χ0n) is 18.1. The Bertz CT molecular complexity index is 1020. The number of piperazine rings is 1. The van der Waals surface area contributed by atoms with Crippen molar-refractivity contribution in [3.8, 4) is 0 Å². The predicted octanol–water partition coefficient (Wildman–Crippen LogP) is 0.479. The molecule has 2 aliphatic rings. The van der Waals surface area contributed by atoms with E-state index in [1.807, 2.05) is 21.4 Å². The van der Waals surface area contributed by atoms with E-state index in [1.54, 1.807) is 18.3 Å². The van der Waals surface area contributed by atoms with Crippen LogP contribution in [0.4, 0.5) is 0 Å². The van der Waals surface area contributed by atoms with Gasteiger partial charge in [0, 0.05) is 69.0 Å². The van der Waals surface area contributed by atoms with Gasteiger partial charge < -0.3 is 24.4 Å². The SMILES string of the molecule is Cn1cc(C(C(=O)O)N2CCN(CC(=O)N3CCOCC3)CC2)c2cc(C(=O)O)ccc21. The van der Waals surface area contributed by atoms with Gasteiger partial charge in [-0.25, -0.2) is 4.79 Å². The lowest BCUT2D eigenvalue weighted by Crippen LogP contribution is -2.52. The molecular weight excluding hydrogens is 416 g/mol. The molecule has 2 aliphatic heterocycles. The number of carboxylic acids is 2. The third kappa shape index (κ3) is 4.47. The summed E-state index contributed by atoms with van der Waals surface area (Å²) in [5.41, 5.74) is 1.49. The van der Waals surface area contributed by atoms with Crippen LogP contribution in [0.1, 0.15) is 22.0 Å². The molecule has 0 bridgehead atoms. The summed E-state index contributed by atoms with van der Waals surface area (Å²) in [7, 11) is 1.82. The Hall–Kier alpha value is -2.95. The number of fused-ring (bicyclic) bond motifs is 1. The Morgan fingerprint density at radius 3 is 2.34 bits per heavy atom. The van der Waals surface area contributed by atoms with Crippen molar-refractivity contribution in [3.63, 3.8) is 0 Å². The highest BCUT2D eigenvalue weighted by Crippen LogP contribution is 2.31. The molecule has 32 heavy (non-hydrogen) atoms. The third-order valence-electron chi connectivity index (χ3n) is 6.29. The molecule has 1 unspecified atom stereocenters. The Morgan fingerprint density at radius 1 is 1.03 bits per heavy atom. The van der Waals surface area contributed by atoms with Gasteiger partial charge in [-0.15, -0.1) is 0 Å². The quantitative estimate of drug-likeness (QED) is 0.661. The Kier molecular flexibility index (Phi) is 6.45. The van der Waals surface area contributed by atoms with E-state index >= 15 is 0 Å². The second-order valence-electron chi connectivity index (χ2n) is 8.28. The maximum absolute atomic E-state index is 12.5. The number of nitrogens with zero attached hydrogens (tertiary/aromatic N) is 4. The molecule has 0 saturated carbocycles. The van der Waals surface area contributed by atoms with Crippen molar-refractivity contribution in [2.45, 2.75) is 6.04 Å². The third-order valence-corrected chi connectivity index (χ3v) is 6.29. The second kappa shape index (κ2) is 9.27.